The summed E-state index contributed by atoms with van der Waals surface area (Å²) in [7, 11) is 0. The molecule has 250 valence electrons. The van der Waals surface area contributed by atoms with Crippen LogP contribution in [0.25, 0.3) is 11.1 Å². The summed E-state index contributed by atoms with van der Waals surface area (Å²) in [6.45, 7) is 6.62. The van der Waals surface area contributed by atoms with Gasteiger partial charge in [-0.25, -0.2) is 4.79 Å². The molecule has 0 unspecified atom stereocenters. The standard InChI is InChI=1S/C41H47N3O4/c1-2-24-44(36-13-7-8-14-36)28-37-25-39(33-18-16-31(29-45)17-19-33)48-40(47-37)34-22-20-32(21-23-34)38-15-9-6-12-35(38)27-43-41(46)42-26-30-10-4-3-5-11-30/h2-6,9-12,15-23,36-37,39-40,45H,1,7-8,13-14,24-29H2,(H2,42,43,46)/t37-,39+,40+/m1/s1. The average molecular weight is 646 g/mol. The number of ether oxygens (including phenoxy) is 2. The summed E-state index contributed by atoms with van der Waals surface area (Å²) in [4.78, 5) is 15.1. The van der Waals surface area contributed by atoms with Crippen molar-refractivity contribution in [2.24, 2.45) is 0 Å². The Balaban J connectivity index is 1.16. The minimum Gasteiger partial charge on any atom is -0.392 e. The summed E-state index contributed by atoms with van der Waals surface area (Å²) in [6.07, 6.45) is 7.12. The monoisotopic (exact) mass is 645 g/mol. The molecule has 2 aliphatic rings. The predicted molar refractivity (Wildman–Crippen MR) is 190 cm³/mol. The van der Waals surface area contributed by atoms with E-state index in [2.05, 4.69) is 64.6 Å². The maximum absolute atomic E-state index is 12.6. The van der Waals surface area contributed by atoms with Crippen LogP contribution in [0.2, 0.25) is 0 Å². The fraction of sp³-hybridized carbons (Fsp3) is 0.341. The zero-order chi connectivity index (χ0) is 33.1. The summed E-state index contributed by atoms with van der Waals surface area (Å²) < 4.78 is 13.3. The molecule has 1 aliphatic heterocycles. The molecular weight excluding hydrogens is 598 g/mol. The Labute approximate surface area is 284 Å². The van der Waals surface area contributed by atoms with Crippen molar-refractivity contribution >= 4 is 6.03 Å². The van der Waals surface area contributed by atoms with Crippen molar-refractivity contribution in [2.75, 3.05) is 13.1 Å². The van der Waals surface area contributed by atoms with Gasteiger partial charge in [0.05, 0.1) is 18.8 Å². The number of rotatable bonds is 13. The van der Waals surface area contributed by atoms with Crippen molar-refractivity contribution in [2.45, 2.75) is 76.3 Å². The third kappa shape index (κ3) is 8.79. The highest BCUT2D eigenvalue weighted by molar-refractivity contribution is 5.75. The van der Waals surface area contributed by atoms with Gasteiger partial charge in [0, 0.05) is 44.2 Å². The Bertz CT molecular complexity index is 1600. The lowest BCUT2D eigenvalue weighted by Crippen LogP contribution is -2.43. The molecule has 0 aromatic heterocycles. The zero-order valence-corrected chi connectivity index (χ0v) is 27.6. The second-order valence-electron chi connectivity index (χ2n) is 12.8. The van der Waals surface area contributed by atoms with Crippen molar-refractivity contribution < 1.29 is 19.4 Å². The molecule has 1 aliphatic carbocycles. The van der Waals surface area contributed by atoms with Crippen LogP contribution in [-0.4, -0.2) is 41.3 Å². The Morgan fingerprint density at radius 1 is 0.812 bits per heavy atom. The molecule has 0 radical (unpaired) electrons. The van der Waals surface area contributed by atoms with Gasteiger partial charge < -0.3 is 25.2 Å². The number of nitrogens with one attached hydrogen (secondary N) is 2. The number of aliphatic hydroxyl groups is 1. The molecule has 4 aromatic rings. The third-order valence-electron chi connectivity index (χ3n) is 9.50. The number of carbonyl (C=O) groups is 1. The molecule has 1 heterocycles. The normalized spacial score (nSPS) is 19.7. The minimum atomic E-state index is -0.514. The van der Waals surface area contributed by atoms with E-state index < -0.39 is 6.29 Å². The lowest BCUT2D eigenvalue weighted by atomic mass is 9.97. The van der Waals surface area contributed by atoms with Crippen LogP contribution >= 0.6 is 0 Å². The number of amides is 2. The molecule has 7 heteroatoms. The molecule has 48 heavy (non-hydrogen) atoms. The van der Waals surface area contributed by atoms with Gasteiger partial charge in [0.15, 0.2) is 6.29 Å². The van der Waals surface area contributed by atoms with Crippen LogP contribution in [0.1, 0.15) is 72.3 Å². The van der Waals surface area contributed by atoms with Crippen LogP contribution in [0, 0.1) is 0 Å². The molecule has 3 atom stereocenters. The number of carbonyl (C=O) groups excluding carboxylic acids is 1. The molecule has 7 nitrogen and oxygen atoms in total. The molecule has 0 spiro atoms. The number of nitrogens with zero attached hydrogens (tertiary/aromatic N) is 1. The smallest absolute Gasteiger partial charge is 0.315 e. The van der Waals surface area contributed by atoms with Gasteiger partial charge in [-0.3, -0.25) is 4.90 Å². The van der Waals surface area contributed by atoms with E-state index in [1.165, 1.54) is 25.7 Å². The lowest BCUT2D eigenvalue weighted by molar-refractivity contribution is -0.253. The van der Waals surface area contributed by atoms with Crippen LogP contribution in [-0.2, 0) is 29.2 Å². The van der Waals surface area contributed by atoms with Gasteiger partial charge in [0.1, 0.15) is 0 Å². The Hall–Kier alpha value is -4.27. The number of benzene rings is 4. The molecule has 3 N–H and O–H groups in total. The average Bonchev–Trinajstić information content (AvgIpc) is 3.69. The summed E-state index contributed by atoms with van der Waals surface area (Å²) in [6, 6.07) is 34.8. The molecule has 2 fully saturated rings. The Morgan fingerprint density at radius 2 is 1.50 bits per heavy atom. The van der Waals surface area contributed by atoms with Gasteiger partial charge in [-0.15, -0.1) is 6.58 Å². The van der Waals surface area contributed by atoms with Gasteiger partial charge >= 0.3 is 6.03 Å². The molecular formula is C41H47N3O4. The first-order valence-corrected chi connectivity index (χ1v) is 17.2. The van der Waals surface area contributed by atoms with E-state index in [1.807, 2.05) is 66.7 Å². The minimum absolute atomic E-state index is 0.00803. The van der Waals surface area contributed by atoms with E-state index in [0.717, 1.165) is 58.5 Å². The second kappa shape index (κ2) is 16.7. The fourth-order valence-electron chi connectivity index (χ4n) is 6.89. The summed E-state index contributed by atoms with van der Waals surface area (Å²) in [5.74, 6) is 0. The van der Waals surface area contributed by atoms with Gasteiger partial charge in [0.25, 0.3) is 0 Å². The fourth-order valence-corrected chi connectivity index (χ4v) is 6.89. The molecule has 1 saturated heterocycles. The quantitative estimate of drug-likeness (QED) is 0.129. The lowest BCUT2D eigenvalue weighted by Gasteiger charge is -2.39. The van der Waals surface area contributed by atoms with Gasteiger partial charge in [0.2, 0.25) is 0 Å². The van der Waals surface area contributed by atoms with Crippen molar-refractivity contribution in [3.8, 4) is 11.1 Å². The van der Waals surface area contributed by atoms with E-state index in [1.54, 1.807) is 0 Å². The van der Waals surface area contributed by atoms with E-state index in [0.29, 0.717) is 19.1 Å². The predicted octanol–water partition coefficient (Wildman–Crippen LogP) is 7.82. The SMILES string of the molecule is C=CCN(C[C@H]1C[C@@H](c2ccc(CO)cc2)O[C@@H](c2ccc(-c3ccccc3CNC(=O)NCc3ccccc3)cc2)O1)C1CCCC1. The van der Waals surface area contributed by atoms with E-state index in [9.17, 15) is 9.90 Å². The second-order valence-corrected chi connectivity index (χ2v) is 12.8. The Morgan fingerprint density at radius 3 is 2.23 bits per heavy atom. The third-order valence-corrected chi connectivity index (χ3v) is 9.50. The van der Waals surface area contributed by atoms with Crippen molar-refractivity contribution in [3.63, 3.8) is 0 Å². The first-order valence-electron chi connectivity index (χ1n) is 17.2. The number of hydrogen-bond donors (Lipinski definition) is 3. The number of aliphatic hydroxyl groups excluding tert-OH is 1. The van der Waals surface area contributed by atoms with E-state index >= 15 is 0 Å². The number of hydrogen-bond acceptors (Lipinski definition) is 5. The highest BCUT2D eigenvalue weighted by atomic mass is 16.7. The Kier molecular flexibility index (Phi) is 11.7. The van der Waals surface area contributed by atoms with E-state index in [-0.39, 0.29) is 24.8 Å². The van der Waals surface area contributed by atoms with Crippen LogP contribution in [0.5, 0.6) is 0 Å². The summed E-state index contributed by atoms with van der Waals surface area (Å²) in [5.41, 5.74) is 7.15. The molecule has 6 rings (SSSR count). The molecule has 0 bridgehead atoms. The zero-order valence-electron chi connectivity index (χ0n) is 27.6. The topological polar surface area (TPSA) is 83.1 Å². The first kappa shape index (κ1) is 33.6. The highest BCUT2D eigenvalue weighted by Gasteiger charge is 2.34. The molecule has 1 saturated carbocycles. The number of urea groups is 1. The van der Waals surface area contributed by atoms with Crippen LogP contribution in [0.15, 0.2) is 116 Å². The van der Waals surface area contributed by atoms with Crippen molar-refractivity contribution in [3.05, 3.63) is 144 Å². The molecule has 2 amide bonds. The van der Waals surface area contributed by atoms with Crippen molar-refractivity contribution in [1.29, 1.82) is 0 Å². The maximum atomic E-state index is 12.6. The van der Waals surface area contributed by atoms with Crippen LogP contribution in [0.4, 0.5) is 4.79 Å². The molecule has 4 aromatic carbocycles. The first-order chi connectivity index (χ1) is 23.6. The van der Waals surface area contributed by atoms with Crippen LogP contribution < -0.4 is 10.6 Å². The largest absolute Gasteiger partial charge is 0.392 e. The van der Waals surface area contributed by atoms with Gasteiger partial charge in [-0.1, -0.05) is 122 Å². The van der Waals surface area contributed by atoms with E-state index in [4.69, 9.17) is 9.47 Å². The van der Waals surface area contributed by atoms with Crippen molar-refractivity contribution in [1.82, 2.24) is 15.5 Å². The van der Waals surface area contributed by atoms with Gasteiger partial charge in [-0.2, -0.15) is 0 Å². The van der Waals surface area contributed by atoms with Crippen LogP contribution in [0.3, 0.4) is 0 Å². The highest BCUT2D eigenvalue weighted by Crippen LogP contribution is 2.39. The summed E-state index contributed by atoms with van der Waals surface area (Å²) >= 11 is 0. The summed E-state index contributed by atoms with van der Waals surface area (Å²) in [5, 5.41) is 15.5. The maximum Gasteiger partial charge on any atom is 0.315 e. The van der Waals surface area contributed by atoms with Gasteiger partial charge in [-0.05, 0) is 46.2 Å².